The summed E-state index contributed by atoms with van der Waals surface area (Å²) in [5.74, 6) is -0.892. The molecule has 0 aliphatic carbocycles. The summed E-state index contributed by atoms with van der Waals surface area (Å²) >= 11 is 0. The van der Waals surface area contributed by atoms with Gasteiger partial charge in [0, 0.05) is 30.0 Å². The summed E-state index contributed by atoms with van der Waals surface area (Å²) in [4.78, 5) is 22.3. The Morgan fingerprint density at radius 3 is 2.46 bits per heavy atom. The third-order valence-corrected chi connectivity index (χ3v) is 3.77. The van der Waals surface area contributed by atoms with E-state index >= 15 is 0 Å². The number of non-ortho nitro benzene ring substituents is 1. The van der Waals surface area contributed by atoms with Gasteiger partial charge >= 0.3 is 0 Å². The summed E-state index contributed by atoms with van der Waals surface area (Å²) in [5, 5.41) is 30.2. The highest BCUT2D eigenvalue weighted by atomic mass is 16.6. The highest BCUT2D eigenvalue weighted by Gasteiger charge is 2.24. The maximum atomic E-state index is 11.9. The van der Waals surface area contributed by atoms with Crippen LogP contribution in [0.2, 0.25) is 0 Å². The lowest BCUT2D eigenvalue weighted by Gasteiger charge is -2.04. The van der Waals surface area contributed by atoms with E-state index in [0.29, 0.717) is 10.9 Å². The molecule has 0 fully saturated rings. The van der Waals surface area contributed by atoms with Crippen molar-refractivity contribution < 1.29 is 14.8 Å². The first-order chi connectivity index (χ1) is 11.4. The number of nitro groups is 1. The minimum atomic E-state index is -0.573. The van der Waals surface area contributed by atoms with Crippen molar-refractivity contribution in [1.29, 1.82) is 5.41 Å². The summed E-state index contributed by atoms with van der Waals surface area (Å²) in [6.07, 6.45) is 0. The van der Waals surface area contributed by atoms with Gasteiger partial charge in [0.1, 0.15) is 0 Å². The lowest BCUT2D eigenvalue weighted by Crippen LogP contribution is -2.06. The molecule has 0 aliphatic heterocycles. The molecule has 7 heteroatoms. The van der Waals surface area contributed by atoms with Gasteiger partial charge in [-0.1, -0.05) is 30.3 Å². The predicted molar refractivity (Wildman–Crippen MR) is 88.9 cm³/mol. The number of nitrogens with zero attached hydrogens (tertiary/aromatic N) is 2. The maximum Gasteiger partial charge on any atom is 0.271 e. The van der Waals surface area contributed by atoms with E-state index in [4.69, 9.17) is 5.41 Å². The number of fused-ring (bicyclic) bond motifs is 1. The summed E-state index contributed by atoms with van der Waals surface area (Å²) in [6, 6.07) is 12.7. The molecule has 0 bridgehead atoms. The zero-order chi connectivity index (χ0) is 17.4. The van der Waals surface area contributed by atoms with E-state index in [1.807, 2.05) is 0 Å². The Labute approximate surface area is 136 Å². The number of nitro benzene ring substituents is 1. The van der Waals surface area contributed by atoms with Crippen molar-refractivity contribution in [3.63, 3.8) is 0 Å². The first kappa shape index (κ1) is 15.4. The normalized spacial score (nSPS) is 10.7. The molecule has 0 radical (unpaired) electrons. The van der Waals surface area contributed by atoms with Gasteiger partial charge in [-0.05, 0) is 6.07 Å². The minimum absolute atomic E-state index is 0.0342. The van der Waals surface area contributed by atoms with Crippen LogP contribution in [0.25, 0.3) is 10.9 Å². The molecule has 7 nitrogen and oxygen atoms in total. The number of rotatable bonds is 3. The Kier molecular flexibility index (Phi) is 3.61. The number of hydrogen-bond acceptors (Lipinski definition) is 5. The molecule has 3 aromatic rings. The second-order valence-corrected chi connectivity index (χ2v) is 5.25. The van der Waals surface area contributed by atoms with E-state index in [1.54, 1.807) is 30.3 Å². The molecule has 2 aromatic carbocycles. The maximum absolute atomic E-state index is 11.9. The summed E-state index contributed by atoms with van der Waals surface area (Å²) in [7, 11) is 0. The van der Waals surface area contributed by atoms with Crippen molar-refractivity contribution in [1.82, 2.24) is 4.57 Å². The fraction of sp³-hybridized carbons (Fsp3) is 0.0588. The Bertz CT molecular complexity index is 990. The topological polar surface area (TPSA) is 109 Å². The standard InChI is InChI=1S/C17H13N3O4/c1-10(21)19-14-9-12(20(23)24)7-8-13(14)15(17(19)22)16(18)11-5-3-2-4-6-11/h2-9,18,22H,1H3. The van der Waals surface area contributed by atoms with Crippen LogP contribution in [0.5, 0.6) is 5.88 Å². The molecule has 3 rings (SSSR count). The minimum Gasteiger partial charge on any atom is -0.494 e. The fourth-order valence-corrected chi connectivity index (χ4v) is 2.69. The molecule has 120 valence electrons. The molecule has 0 aliphatic rings. The van der Waals surface area contributed by atoms with E-state index in [2.05, 4.69) is 0 Å². The van der Waals surface area contributed by atoms with Crippen molar-refractivity contribution in [2.45, 2.75) is 6.92 Å². The smallest absolute Gasteiger partial charge is 0.271 e. The van der Waals surface area contributed by atoms with Crippen LogP contribution in [-0.2, 0) is 0 Å². The Morgan fingerprint density at radius 2 is 1.88 bits per heavy atom. The SMILES string of the molecule is CC(=O)n1c(O)c(C(=N)c2ccccc2)c2ccc([N+](=O)[O-])cc21. The van der Waals surface area contributed by atoms with Crippen LogP contribution in [0.3, 0.4) is 0 Å². The second-order valence-electron chi connectivity index (χ2n) is 5.25. The van der Waals surface area contributed by atoms with Gasteiger partial charge in [-0.3, -0.25) is 20.3 Å². The number of benzene rings is 2. The summed E-state index contributed by atoms with van der Waals surface area (Å²) in [6.45, 7) is 1.24. The van der Waals surface area contributed by atoms with Gasteiger partial charge in [-0.2, -0.15) is 0 Å². The fourth-order valence-electron chi connectivity index (χ4n) is 2.69. The molecule has 0 spiro atoms. The number of carbonyl (C=O) groups excluding carboxylic acids is 1. The monoisotopic (exact) mass is 323 g/mol. The lowest BCUT2D eigenvalue weighted by atomic mass is 10.0. The van der Waals surface area contributed by atoms with E-state index in [-0.39, 0.29) is 22.5 Å². The van der Waals surface area contributed by atoms with Crippen LogP contribution < -0.4 is 0 Å². The first-order valence-electron chi connectivity index (χ1n) is 7.09. The zero-order valence-corrected chi connectivity index (χ0v) is 12.7. The van der Waals surface area contributed by atoms with Gasteiger partial charge in [0.25, 0.3) is 5.69 Å². The van der Waals surface area contributed by atoms with E-state index in [0.717, 1.165) is 4.57 Å². The average Bonchev–Trinajstić information content (AvgIpc) is 2.86. The Balaban J connectivity index is 2.33. The van der Waals surface area contributed by atoms with Gasteiger partial charge in [0.15, 0.2) is 0 Å². The van der Waals surface area contributed by atoms with Gasteiger partial charge in [0.05, 0.1) is 21.7 Å². The van der Waals surface area contributed by atoms with E-state index in [1.165, 1.54) is 25.1 Å². The van der Waals surface area contributed by atoms with Crippen molar-refractivity contribution in [3.8, 4) is 5.88 Å². The van der Waals surface area contributed by atoms with Gasteiger partial charge in [0.2, 0.25) is 11.8 Å². The third-order valence-electron chi connectivity index (χ3n) is 3.77. The molecule has 0 saturated carbocycles. The third kappa shape index (κ3) is 2.32. The van der Waals surface area contributed by atoms with Gasteiger partial charge in [-0.15, -0.1) is 0 Å². The van der Waals surface area contributed by atoms with Crippen LogP contribution in [-0.4, -0.2) is 26.2 Å². The number of carbonyl (C=O) groups is 1. The van der Waals surface area contributed by atoms with Gasteiger partial charge < -0.3 is 5.11 Å². The first-order valence-corrected chi connectivity index (χ1v) is 7.09. The molecule has 1 aromatic heterocycles. The average molecular weight is 323 g/mol. The van der Waals surface area contributed by atoms with Crippen molar-refractivity contribution >= 4 is 28.2 Å². The van der Waals surface area contributed by atoms with Crippen molar-refractivity contribution in [2.75, 3.05) is 0 Å². The van der Waals surface area contributed by atoms with Crippen molar-refractivity contribution in [3.05, 3.63) is 69.8 Å². The Morgan fingerprint density at radius 1 is 1.21 bits per heavy atom. The second kappa shape index (κ2) is 5.62. The molecule has 0 saturated heterocycles. The van der Waals surface area contributed by atoms with Crippen LogP contribution in [0, 0.1) is 15.5 Å². The molecule has 0 amide bonds. The molecular formula is C17H13N3O4. The molecule has 24 heavy (non-hydrogen) atoms. The number of hydrogen-bond donors (Lipinski definition) is 2. The van der Waals surface area contributed by atoms with Crippen LogP contribution in [0.15, 0.2) is 48.5 Å². The summed E-state index contributed by atoms with van der Waals surface area (Å²) < 4.78 is 0.981. The van der Waals surface area contributed by atoms with Gasteiger partial charge in [-0.25, -0.2) is 4.57 Å². The zero-order valence-electron chi connectivity index (χ0n) is 12.7. The van der Waals surface area contributed by atoms with E-state index in [9.17, 15) is 20.0 Å². The predicted octanol–water partition coefficient (Wildman–Crippen LogP) is 3.33. The number of aromatic nitrogens is 1. The van der Waals surface area contributed by atoms with Crippen LogP contribution in [0.1, 0.15) is 22.8 Å². The molecule has 2 N–H and O–H groups in total. The highest BCUT2D eigenvalue weighted by molar-refractivity contribution is 6.21. The largest absolute Gasteiger partial charge is 0.494 e. The lowest BCUT2D eigenvalue weighted by molar-refractivity contribution is -0.384. The van der Waals surface area contributed by atoms with Crippen molar-refractivity contribution in [2.24, 2.45) is 0 Å². The quantitative estimate of drug-likeness (QED) is 0.437. The molecule has 1 heterocycles. The van der Waals surface area contributed by atoms with Crippen LogP contribution in [0.4, 0.5) is 5.69 Å². The number of nitrogens with one attached hydrogen (secondary N) is 1. The molecule has 0 unspecified atom stereocenters. The summed E-state index contributed by atoms with van der Waals surface area (Å²) in [5.41, 5.74) is 0.771. The molecular weight excluding hydrogens is 310 g/mol. The molecule has 0 atom stereocenters. The van der Waals surface area contributed by atoms with E-state index < -0.39 is 16.7 Å². The Hall–Kier alpha value is -3.48. The number of aromatic hydroxyl groups is 1. The highest BCUT2D eigenvalue weighted by Crippen LogP contribution is 2.35. The van der Waals surface area contributed by atoms with Crippen LogP contribution >= 0.6 is 0 Å².